The summed E-state index contributed by atoms with van der Waals surface area (Å²) in [6, 6.07) is 0. The molecule has 0 spiro atoms. The first kappa shape index (κ1) is 26.4. The lowest BCUT2D eigenvalue weighted by Gasteiger charge is -2.37. The van der Waals surface area contributed by atoms with E-state index in [1.165, 1.54) is 103 Å². The van der Waals surface area contributed by atoms with E-state index in [1.54, 1.807) is 0 Å². The van der Waals surface area contributed by atoms with Crippen LogP contribution in [0.3, 0.4) is 0 Å². The van der Waals surface area contributed by atoms with E-state index in [9.17, 15) is 9.59 Å². The molecule has 180 valence electrons. The Hall–Kier alpha value is -0.860. The van der Waals surface area contributed by atoms with Crippen LogP contribution >= 0.6 is 0 Å². The molecule has 1 saturated heterocycles. The Balaban J connectivity index is 1.66. The minimum absolute atomic E-state index is 0.0233. The Morgan fingerprint density at radius 2 is 0.871 bits per heavy atom. The van der Waals surface area contributed by atoms with Gasteiger partial charge in [-0.3, -0.25) is 14.9 Å². The van der Waals surface area contributed by atoms with Crippen molar-refractivity contribution in [3.8, 4) is 0 Å². The van der Waals surface area contributed by atoms with E-state index in [4.69, 9.17) is 0 Å². The fourth-order valence-electron chi connectivity index (χ4n) is 6.14. The molecular weight excluding hydrogens is 382 g/mol. The van der Waals surface area contributed by atoms with E-state index < -0.39 is 0 Å². The summed E-state index contributed by atoms with van der Waals surface area (Å²) in [4.78, 5) is 25.2. The van der Waals surface area contributed by atoms with Gasteiger partial charge in [-0.15, -0.1) is 0 Å². The van der Waals surface area contributed by atoms with Crippen LogP contribution in [0.1, 0.15) is 142 Å². The monoisotopic (exact) mass is 433 g/mol. The van der Waals surface area contributed by atoms with Crippen molar-refractivity contribution in [3.63, 3.8) is 0 Å². The van der Waals surface area contributed by atoms with Gasteiger partial charge < -0.3 is 0 Å². The van der Waals surface area contributed by atoms with Gasteiger partial charge in [-0.2, -0.15) is 0 Å². The van der Waals surface area contributed by atoms with E-state index >= 15 is 0 Å². The number of hydrogen-bond donors (Lipinski definition) is 1. The van der Waals surface area contributed by atoms with Crippen molar-refractivity contribution < 1.29 is 9.59 Å². The molecule has 0 radical (unpaired) electrons. The maximum absolute atomic E-state index is 12.6. The number of rotatable bonds is 18. The Labute approximate surface area is 192 Å². The van der Waals surface area contributed by atoms with Gasteiger partial charge in [-0.1, -0.05) is 117 Å². The molecule has 3 nitrogen and oxygen atoms in total. The van der Waals surface area contributed by atoms with E-state index in [2.05, 4.69) is 19.2 Å². The summed E-state index contributed by atoms with van der Waals surface area (Å²) in [5.41, 5.74) is 0. The molecule has 1 saturated carbocycles. The van der Waals surface area contributed by atoms with Gasteiger partial charge in [0.15, 0.2) is 0 Å². The number of unbranched alkanes of at least 4 members (excludes halogenated alkanes) is 14. The number of amides is 2. The molecule has 4 unspecified atom stereocenters. The van der Waals surface area contributed by atoms with Crippen molar-refractivity contribution >= 4 is 11.8 Å². The molecular formula is C28H51NO2. The van der Waals surface area contributed by atoms with Gasteiger partial charge in [0.2, 0.25) is 11.8 Å². The third kappa shape index (κ3) is 9.26. The van der Waals surface area contributed by atoms with Gasteiger partial charge in [0.25, 0.3) is 0 Å². The second-order valence-electron chi connectivity index (χ2n) is 10.5. The largest absolute Gasteiger partial charge is 0.296 e. The molecule has 4 atom stereocenters. The minimum atomic E-state index is -0.0233. The van der Waals surface area contributed by atoms with Crippen LogP contribution in [0.4, 0.5) is 0 Å². The van der Waals surface area contributed by atoms with Gasteiger partial charge in [0.05, 0.1) is 11.8 Å². The number of carbonyl (C=O) groups is 2. The van der Waals surface area contributed by atoms with Crippen molar-refractivity contribution in [2.75, 3.05) is 0 Å². The second kappa shape index (κ2) is 15.9. The number of hydrogen-bond acceptors (Lipinski definition) is 2. The third-order valence-corrected chi connectivity index (χ3v) is 8.02. The standard InChI is InChI=1S/C28H51NO2/c1-3-5-7-9-11-13-15-17-19-23-21-22-24(26-25(23)27(30)29-28(26)31)20-18-16-14-12-10-8-6-4-2/h23-26H,3-22H2,1-2H3,(H,29,30,31). The first-order valence-electron chi connectivity index (χ1n) is 14.0. The zero-order valence-corrected chi connectivity index (χ0v) is 20.8. The molecule has 1 N–H and O–H groups in total. The smallest absolute Gasteiger partial charge is 0.230 e. The first-order chi connectivity index (χ1) is 15.2. The number of nitrogens with one attached hydrogen (secondary N) is 1. The maximum atomic E-state index is 12.6. The van der Waals surface area contributed by atoms with Crippen molar-refractivity contribution in [1.82, 2.24) is 5.32 Å². The van der Waals surface area contributed by atoms with Crippen LogP contribution in [0.15, 0.2) is 0 Å². The van der Waals surface area contributed by atoms with Crippen molar-refractivity contribution in [2.45, 2.75) is 142 Å². The van der Waals surface area contributed by atoms with Gasteiger partial charge in [-0.25, -0.2) is 0 Å². The molecule has 3 heteroatoms. The van der Waals surface area contributed by atoms with E-state index in [0.29, 0.717) is 11.8 Å². The highest BCUT2D eigenvalue weighted by molar-refractivity contribution is 6.05. The number of imide groups is 1. The Kier molecular flexibility index (Phi) is 13.5. The van der Waals surface area contributed by atoms with Crippen LogP contribution in [-0.4, -0.2) is 11.8 Å². The maximum Gasteiger partial charge on any atom is 0.230 e. The predicted molar refractivity (Wildman–Crippen MR) is 131 cm³/mol. The van der Waals surface area contributed by atoms with Crippen LogP contribution < -0.4 is 5.32 Å². The fourth-order valence-corrected chi connectivity index (χ4v) is 6.14. The lowest BCUT2D eigenvalue weighted by Crippen LogP contribution is -2.36. The lowest BCUT2D eigenvalue weighted by molar-refractivity contribution is -0.126. The molecule has 2 fully saturated rings. The lowest BCUT2D eigenvalue weighted by atomic mass is 9.65. The average molecular weight is 434 g/mol. The number of carbonyl (C=O) groups excluding carboxylic acids is 2. The van der Waals surface area contributed by atoms with Crippen LogP contribution in [0.25, 0.3) is 0 Å². The fraction of sp³-hybridized carbons (Fsp3) is 0.929. The molecule has 0 aromatic rings. The molecule has 2 rings (SSSR count). The molecule has 1 aliphatic heterocycles. The SMILES string of the molecule is CCCCCCCCCCC1CCC(CCCCCCCCCC)C2C(=O)NC(=O)C12. The zero-order chi connectivity index (χ0) is 22.3. The Morgan fingerprint density at radius 3 is 1.23 bits per heavy atom. The van der Waals surface area contributed by atoms with Crippen LogP contribution in [-0.2, 0) is 9.59 Å². The molecule has 1 aliphatic carbocycles. The molecule has 0 aromatic heterocycles. The predicted octanol–water partition coefficient (Wildman–Crippen LogP) is 7.96. The zero-order valence-electron chi connectivity index (χ0n) is 20.8. The van der Waals surface area contributed by atoms with Gasteiger partial charge in [0.1, 0.15) is 0 Å². The highest BCUT2D eigenvalue weighted by Gasteiger charge is 2.51. The van der Waals surface area contributed by atoms with E-state index in [0.717, 1.165) is 25.7 Å². The summed E-state index contributed by atoms with van der Waals surface area (Å²) < 4.78 is 0. The molecule has 0 bridgehead atoms. The topological polar surface area (TPSA) is 46.2 Å². The average Bonchev–Trinajstić information content (AvgIpc) is 3.07. The van der Waals surface area contributed by atoms with Crippen LogP contribution in [0, 0.1) is 23.7 Å². The van der Waals surface area contributed by atoms with Gasteiger partial charge in [-0.05, 0) is 37.5 Å². The highest BCUT2D eigenvalue weighted by atomic mass is 16.2. The third-order valence-electron chi connectivity index (χ3n) is 8.02. The molecule has 1 heterocycles. The highest BCUT2D eigenvalue weighted by Crippen LogP contribution is 2.46. The second-order valence-corrected chi connectivity index (χ2v) is 10.5. The van der Waals surface area contributed by atoms with E-state index in [1.807, 2.05) is 0 Å². The van der Waals surface area contributed by atoms with Crippen molar-refractivity contribution in [3.05, 3.63) is 0 Å². The Morgan fingerprint density at radius 1 is 0.548 bits per heavy atom. The summed E-state index contributed by atoms with van der Waals surface area (Å²) >= 11 is 0. The molecule has 31 heavy (non-hydrogen) atoms. The number of fused-ring (bicyclic) bond motifs is 1. The molecule has 0 aromatic carbocycles. The Bertz CT molecular complexity index is 459. The van der Waals surface area contributed by atoms with Crippen molar-refractivity contribution in [2.24, 2.45) is 23.7 Å². The normalized spacial score (nSPS) is 25.6. The van der Waals surface area contributed by atoms with Crippen LogP contribution in [0.2, 0.25) is 0 Å². The summed E-state index contributed by atoms with van der Waals surface area (Å²) in [6.07, 6.45) is 25.9. The van der Waals surface area contributed by atoms with Crippen LogP contribution in [0.5, 0.6) is 0 Å². The summed E-state index contributed by atoms with van der Waals surface area (Å²) in [7, 11) is 0. The molecule has 2 amide bonds. The minimum Gasteiger partial charge on any atom is -0.296 e. The quantitative estimate of drug-likeness (QED) is 0.176. The first-order valence-corrected chi connectivity index (χ1v) is 14.0. The summed E-state index contributed by atoms with van der Waals surface area (Å²) in [5.74, 6) is 0.910. The van der Waals surface area contributed by atoms with Crippen molar-refractivity contribution in [1.29, 1.82) is 0 Å². The molecule has 2 aliphatic rings. The van der Waals surface area contributed by atoms with E-state index in [-0.39, 0.29) is 23.7 Å². The van der Waals surface area contributed by atoms with Gasteiger partial charge in [0, 0.05) is 0 Å². The van der Waals surface area contributed by atoms with Gasteiger partial charge >= 0.3 is 0 Å². The summed E-state index contributed by atoms with van der Waals surface area (Å²) in [6.45, 7) is 4.53. The summed E-state index contributed by atoms with van der Waals surface area (Å²) in [5, 5.41) is 2.70.